The standard InChI is InChI=1S/C28H23N3/c1-2-31-27-9-7-23(5-3-21-11-15-29-16-12-21)19-25(27)26-20-24(8-10-28(26)31)6-4-22-13-17-30-18-14-22/h3-20H,2H2,1H3/b5-3+,6-4+. The van der Waals surface area contributed by atoms with E-state index in [1.807, 2.05) is 49.1 Å². The second kappa shape index (κ2) is 8.41. The molecular weight excluding hydrogens is 378 g/mol. The van der Waals surface area contributed by atoms with E-state index in [1.54, 1.807) is 0 Å². The van der Waals surface area contributed by atoms with Crippen LogP contribution < -0.4 is 0 Å². The van der Waals surface area contributed by atoms with E-state index in [-0.39, 0.29) is 0 Å². The number of benzene rings is 2. The molecule has 2 aromatic carbocycles. The topological polar surface area (TPSA) is 30.7 Å². The highest BCUT2D eigenvalue weighted by molar-refractivity contribution is 6.09. The van der Waals surface area contributed by atoms with E-state index in [9.17, 15) is 0 Å². The molecule has 0 saturated heterocycles. The maximum absolute atomic E-state index is 4.08. The Kier molecular flexibility index (Phi) is 5.16. The summed E-state index contributed by atoms with van der Waals surface area (Å²) >= 11 is 0. The predicted molar refractivity (Wildman–Crippen MR) is 131 cm³/mol. The van der Waals surface area contributed by atoms with E-state index in [1.165, 1.54) is 32.9 Å². The summed E-state index contributed by atoms with van der Waals surface area (Å²) < 4.78 is 2.39. The van der Waals surface area contributed by atoms with Crippen LogP contribution in [-0.2, 0) is 6.54 Å². The lowest BCUT2D eigenvalue weighted by Crippen LogP contribution is -1.92. The maximum Gasteiger partial charge on any atom is 0.0491 e. The van der Waals surface area contributed by atoms with Crippen molar-refractivity contribution < 1.29 is 0 Å². The lowest BCUT2D eigenvalue weighted by molar-refractivity contribution is 0.827. The van der Waals surface area contributed by atoms with Gasteiger partial charge in [-0.25, -0.2) is 0 Å². The molecule has 0 atom stereocenters. The van der Waals surface area contributed by atoms with Gasteiger partial charge in [0.05, 0.1) is 0 Å². The van der Waals surface area contributed by atoms with Crippen LogP contribution in [0.5, 0.6) is 0 Å². The number of fused-ring (bicyclic) bond motifs is 3. The van der Waals surface area contributed by atoms with Gasteiger partial charge in [0.25, 0.3) is 0 Å². The highest BCUT2D eigenvalue weighted by Gasteiger charge is 2.10. The van der Waals surface area contributed by atoms with Crippen LogP contribution in [0.15, 0.2) is 85.5 Å². The van der Waals surface area contributed by atoms with Gasteiger partial charge in [0.15, 0.2) is 0 Å². The van der Waals surface area contributed by atoms with E-state index in [0.29, 0.717) is 0 Å². The van der Waals surface area contributed by atoms with Gasteiger partial charge in [0, 0.05) is 53.1 Å². The van der Waals surface area contributed by atoms with Crippen molar-refractivity contribution >= 4 is 46.1 Å². The molecule has 0 aliphatic rings. The average molecular weight is 402 g/mol. The fourth-order valence-corrected chi connectivity index (χ4v) is 4.02. The van der Waals surface area contributed by atoms with Crippen molar-refractivity contribution in [3.05, 3.63) is 108 Å². The summed E-state index contributed by atoms with van der Waals surface area (Å²) in [6.45, 7) is 3.14. The van der Waals surface area contributed by atoms with Gasteiger partial charge in [-0.15, -0.1) is 0 Å². The maximum atomic E-state index is 4.08. The fraction of sp³-hybridized carbons (Fsp3) is 0.0714. The Morgan fingerprint density at radius 3 is 1.42 bits per heavy atom. The van der Waals surface area contributed by atoms with Gasteiger partial charge >= 0.3 is 0 Å². The van der Waals surface area contributed by atoms with Gasteiger partial charge < -0.3 is 4.57 Å². The quantitative estimate of drug-likeness (QED) is 0.319. The number of hydrogen-bond donors (Lipinski definition) is 0. The molecular formula is C28H23N3. The highest BCUT2D eigenvalue weighted by atomic mass is 15.0. The molecule has 5 rings (SSSR count). The first-order valence-electron chi connectivity index (χ1n) is 10.5. The molecule has 3 nitrogen and oxygen atoms in total. The molecule has 0 unspecified atom stereocenters. The third-order valence-electron chi connectivity index (χ3n) is 5.58. The van der Waals surface area contributed by atoms with Crippen LogP contribution >= 0.6 is 0 Å². The molecule has 0 bridgehead atoms. The van der Waals surface area contributed by atoms with Crippen LogP contribution in [0.2, 0.25) is 0 Å². The van der Waals surface area contributed by atoms with Crippen molar-refractivity contribution in [2.75, 3.05) is 0 Å². The molecule has 0 aliphatic carbocycles. The second-order valence-corrected chi connectivity index (χ2v) is 7.53. The lowest BCUT2D eigenvalue weighted by atomic mass is 10.1. The summed E-state index contributed by atoms with van der Waals surface area (Å²) in [5.74, 6) is 0. The van der Waals surface area contributed by atoms with Crippen LogP contribution in [0.3, 0.4) is 0 Å². The van der Waals surface area contributed by atoms with E-state index in [4.69, 9.17) is 0 Å². The van der Waals surface area contributed by atoms with Crippen LogP contribution in [0.1, 0.15) is 29.2 Å². The first kappa shape index (κ1) is 19.0. The first-order valence-corrected chi connectivity index (χ1v) is 10.5. The number of aromatic nitrogens is 3. The molecule has 0 aliphatic heterocycles. The van der Waals surface area contributed by atoms with Gasteiger partial charge in [0.1, 0.15) is 0 Å². The molecule has 5 aromatic rings. The molecule has 0 N–H and O–H groups in total. The van der Waals surface area contributed by atoms with Crippen molar-refractivity contribution in [2.24, 2.45) is 0 Å². The van der Waals surface area contributed by atoms with Gasteiger partial charge in [0.2, 0.25) is 0 Å². The van der Waals surface area contributed by atoms with Crippen molar-refractivity contribution in [1.82, 2.24) is 14.5 Å². The Balaban J connectivity index is 1.58. The molecule has 3 heteroatoms. The summed E-state index contributed by atoms with van der Waals surface area (Å²) in [7, 11) is 0. The third kappa shape index (κ3) is 3.90. The number of nitrogens with zero attached hydrogens (tertiary/aromatic N) is 3. The molecule has 0 spiro atoms. The van der Waals surface area contributed by atoms with Gasteiger partial charge in [-0.05, 0) is 77.7 Å². The smallest absolute Gasteiger partial charge is 0.0491 e. The molecule has 31 heavy (non-hydrogen) atoms. The molecule has 150 valence electrons. The Bertz CT molecular complexity index is 1290. The number of aryl methyl sites for hydroxylation is 1. The summed E-state index contributed by atoms with van der Waals surface area (Å²) in [5, 5.41) is 2.57. The summed E-state index contributed by atoms with van der Waals surface area (Å²) in [4.78, 5) is 8.17. The third-order valence-corrected chi connectivity index (χ3v) is 5.58. The molecule has 0 saturated carbocycles. The minimum absolute atomic E-state index is 0.943. The van der Waals surface area contributed by atoms with E-state index in [0.717, 1.165) is 17.7 Å². The van der Waals surface area contributed by atoms with E-state index >= 15 is 0 Å². The Hall–Kier alpha value is -3.98. The Morgan fingerprint density at radius 2 is 1.00 bits per heavy atom. The minimum atomic E-state index is 0.943. The van der Waals surface area contributed by atoms with Crippen LogP contribution in [0.4, 0.5) is 0 Å². The zero-order valence-corrected chi connectivity index (χ0v) is 17.4. The normalized spacial score (nSPS) is 11.9. The fourth-order valence-electron chi connectivity index (χ4n) is 4.02. The number of pyridine rings is 2. The predicted octanol–water partition coefficient (Wildman–Crippen LogP) is 6.95. The SMILES string of the molecule is CCn1c2ccc(/C=C/c3ccncc3)cc2c2cc(/C=C/c3ccncc3)ccc21. The van der Waals surface area contributed by atoms with Crippen molar-refractivity contribution in [2.45, 2.75) is 13.5 Å². The summed E-state index contributed by atoms with van der Waals surface area (Å²) in [5.41, 5.74) is 7.22. The monoisotopic (exact) mass is 401 g/mol. The lowest BCUT2D eigenvalue weighted by Gasteiger charge is -2.03. The second-order valence-electron chi connectivity index (χ2n) is 7.53. The van der Waals surface area contributed by atoms with E-state index in [2.05, 4.69) is 82.2 Å². The summed E-state index contributed by atoms with van der Waals surface area (Å²) in [6.07, 6.45) is 15.9. The van der Waals surface area contributed by atoms with Gasteiger partial charge in [-0.2, -0.15) is 0 Å². The van der Waals surface area contributed by atoms with Crippen LogP contribution in [-0.4, -0.2) is 14.5 Å². The van der Waals surface area contributed by atoms with E-state index < -0.39 is 0 Å². The highest BCUT2D eigenvalue weighted by Crippen LogP contribution is 2.31. The Morgan fingerprint density at radius 1 is 0.581 bits per heavy atom. The van der Waals surface area contributed by atoms with Crippen LogP contribution in [0, 0.1) is 0 Å². The first-order chi connectivity index (χ1) is 15.3. The molecule has 0 amide bonds. The van der Waals surface area contributed by atoms with Crippen LogP contribution in [0.25, 0.3) is 46.1 Å². The molecule has 0 radical (unpaired) electrons. The molecule has 3 heterocycles. The van der Waals surface area contributed by atoms with Gasteiger partial charge in [-0.1, -0.05) is 36.4 Å². The number of hydrogen-bond acceptors (Lipinski definition) is 2. The van der Waals surface area contributed by atoms with Crippen molar-refractivity contribution in [3.8, 4) is 0 Å². The zero-order valence-electron chi connectivity index (χ0n) is 17.4. The van der Waals surface area contributed by atoms with Gasteiger partial charge in [-0.3, -0.25) is 9.97 Å². The summed E-state index contributed by atoms with van der Waals surface area (Å²) in [6, 6.07) is 21.5. The number of rotatable bonds is 5. The average Bonchev–Trinajstić information content (AvgIpc) is 3.15. The largest absolute Gasteiger partial charge is 0.341 e. The van der Waals surface area contributed by atoms with Crippen molar-refractivity contribution in [1.29, 1.82) is 0 Å². The van der Waals surface area contributed by atoms with Crippen molar-refractivity contribution in [3.63, 3.8) is 0 Å². The molecule has 0 fully saturated rings. The molecule has 3 aromatic heterocycles. The zero-order chi connectivity index (χ0) is 21.0. The minimum Gasteiger partial charge on any atom is -0.341 e. The Labute approximate surface area is 182 Å².